The Bertz CT molecular complexity index is 918. The maximum absolute atomic E-state index is 12.6. The minimum atomic E-state index is -3.76. The van der Waals surface area contributed by atoms with E-state index >= 15 is 0 Å². The molecule has 0 aliphatic rings. The van der Waals surface area contributed by atoms with E-state index in [2.05, 4.69) is 38.2 Å². The SMILES string of the molecule is C[C@H](NC(=O)CN(C)S(=O)(=O)c1ccc(Cl)cc1)c1ccc(C(C)(C)C)cc1. The molecule has 0 fully saturated rings. The van der Waals surface area contributed by atoms with Gasteiger partial charge in [0, 0.05) is 12.1 Å². The van der Waals surface area contributed by atoms with Crippen molar-refractivity contribution in [2.75, 3.05) is 13.6 Å². The molecular formula is C21H27ClN2O3S. The lowest BCUT2D eigenvalue weighted by Gasteiger charge is -2.22. The highest BCUT2D eigenvalue weighted by molar-refractivity contribution is 7.89. The molecule has 0 spiro atoms. The van der Waals surface area contributed by atoms with E-state index in [4.69, 9.17) is 11.6 Å². The first kappa shape index (κ1) is 22.4. The molecule has 0 unspecified atom stereocenters. The smallest absolute Gasteiger partial charge is 0.243 e. The second kappa shape index (κ2) is 8.64. The standard InChI is InChI=1S/C21H27ClN2O3S/c1-15(16-6-8-17(9-7-16)21(2,3)4)23-20(25)14-24(5)28(26,27)19-12-10-18(22)11-13-19/h6-13,15H,14H2,1-5H3,(H,23,25)/t15-/m0/s1. The van der Waals surface area contributed by atoms with Crippen LogP contribution in [-0.4, -0.2) is 32.2 Å². The summed E-state index contributed by atoms with van der Waals surface area (Å²) in [7, 11) is -2.38. The number of hydrogen-bond donors (Lipinski definition) is 1. The summed E-state index contributed by atoms with van der Waals surface area (Å²) >= 11 is 5.80. The second-order valence-corrected chi connectivity index (χ2v) is 10.4. The molecule has 0 aliphatic carbocycles. The Morgan fingerprint density at radius 2 is 1.61 bits per heavy atom. The van der Waals surface area contributed by atoms with Crippen LogP contribution in [0.3, 0.4) is 0 Å². The number of carbonyl (C=O) groups excluding carboxylic acids is 1. The predicted molar refractivity (Wildman–Crippen MR) is 113 cm³/mol. The molecule has 0 saturated carbocycles. The first-order valence-electron chi connectivity index (χ1n) is 9.03. The van der Waals surface area contributed by atoms with Crippen molar-refractivity contribution in [1.29, 1.82) is 0 Å². The van der Waals surface area contributed by atoms with Gasteiger partial charge in [-0.2, -0.15) is 4.31 Å². The van der Waals surface area contributed by atoms with Gasteiger partial charge in [-0.1, -0.05) is 56.6 Å². The molecule has 1 amide bonds. The minimum absolute atomic E-state index is 0.0593. The van der Waals surface area contributed by atoms with E-state index in [0.29, 0.717) is 5.02 Å². The van der Waals surface area contributed by atoms with E-state index in [0.717, 1.165) is 9.87 Å². The maximum Gasteiger partial charge on any atom is 0.243 e. The third kappa shape index (κ3) is 5.56. The molecule has 0 aromatic heterocycles. The van der Waals surface area contributed by atoms with Crippen LogP contribution in [0.25, 0.3) is 0 Å². The molecule has 0 aliphatic heterocycles. The van der Waals surface area contributed by atoms with Crippen LogP contribution in [0.4, 0.5) is 0 Å². The number of likely N-dealkylation sites (N-methyl/N-ethyl adjacent to an activating group) is 1. The Labute approximate surface area is 172 Å². The Kier molecular flexibility index (Phi) is 6.91. The molecule has 0 radical (unpaired) electrons. The fraction of sp³-hybridized carbons (Fsp3) is 0.381. The largest absolute Gasteiger partial charge is 0.348 e. The fourth-order valence-electron chi connectivity index (χ4n) is 2.72. The molecular weight excluding hydrogens is 396 g/mol. The molecule has 0 bridgehead atoms. The summed E-state index contributed by atoms with van der Waals surface area (Å²) in [5.74, 6) is -0.368. The Morgan fingerprint density at radius 1 is 1.07 bits per heavy atom. The molecule has 2 rings (SSSR count). The number of sulfonamides is 1. The zero-order chi connectivity index (χ0) is 21.1. The Balaban J connectivity index is 2.01. The highest BCUT2D eigenvalue weighted by Gasteiger charge is 2.23. The number of nitrogens with zero attached hydrogens (tertiary/aromatic N) is 1. The van der Waals surface area contributed by atoms with E-state index in [9.17, 15) is 13.2 Å². The summed E-state index contributed by atoms with van der Waals surface area (Å²) in [6.07, 6.45) is 0. The van der Waals surface area contributed by atoms with Gasteiger partial charge in [0.2, 0.25) is 15.9 Å². The van der Waals surface area contributed by atoms with Crippen LogP contribution in [0.2, 0.25) is 5.02 Å². The Hall–Kier alpha value is -1.89. The molecule has 7 heteroatoms. The number of halogens is 1. The van der Waals surface area contributed by atoms with Gasteiger partial charge in [-0.05, 0) is 47.7 Å². The number of benzene rings is 2. The lowest BCUT2D eigenvalue weighted by molar-refractivity contribution is -0.121. The van der Waals surface area contributed by atoms with Gasteiger partial charge < -0.3 is 5.32 Å². The maximum atomic E-state index is 12.6. The molecule has 0 heterocycles. The average molecular weight is 423 g/mol. The highest BCUT2D eigenvalue weighted by atomic mass is 35.5. The van der Waals surface area contributed by atoms with Gasteiger partial charge in [-0.25, -0.2) is 8.42 Å². The van der Waals surface area contributed by atoms with Crippen LogP contribution in [0.1, 0.15) is 44.9 Å². The summed E-state index contributed by atoms with van der Waals surface area (Å²) < 4.78 is 26.2. The first-order chi connectivity index (χ1) is 12.9. The molecule has 2 aromatic rings. The van der Waals surface area contributed by atoms with E-state index in [1.165, 1.54) is 36.9 Å². The van der Waals surface area contributed by atoms with Crippen LogP contribution in [0.15, 0.2) is 53.4 Å². The van der Waals surface area contributed by atoms with Gasteiger partial charge in [0.15, 0.2) is 0 Å². The van der Waals surface area contributed by atoms with E-state index < -0.39 is 10.0 Å². The number of amides is 1. The Morgan fingerprint density at radius 3 is 2.11 bits per heavy atom. The zero-order valence-corrected chi connectivity index (χ0v) is 18.4. The van der Waals surface area contributed by atoms with Crippen LogP contribution in [0.5, 0.6) is 0 Å². The van der Waals surface area contributed by atoms with Crippen molar-refractivity contribution in [3.8, 4) is 0 Å². The predicted octanol–water partition coefficient (Wildman–Crippen LogP) is 4.14. The molecule has 1 atom stereocenters. The molecule has 152 valence electrons. The molecule has 0 saturated heterocycles. The van der Waals surface area contributed by atoms with Crippen molar-refractivity contribution in [1.82, 2.24) is 9.62 Å². The van der Waals surface area contributed by atoms with Gasteiger partial charge in [-0.15, -0.1) is 0 Å². The normalized spacial score (nSPS) is 13.4. The highest BCUT2D eigenvalue weighted by Crippen LogP contribution is 2.24. The van der Waals surface area contributed by atoms with Gasteiger partial charge >= 0.3 is 0 Å². The third-order valence-corrected chi connectivity index (χ3v) is 6.61. The molecule has 2 aromatic carbocycles. The van der Waals surface area contributed by atoms with Crippen LogP contribution in [0, 0.1) is 0 Å². The van der Waals surface area contributed by atoms with Crippen molar-refractivity contribution in [3.05, 3.63) is 64.7 Å². The van der Waals surface area contributed by atoms with Gasteiger partial charge in [-0.3, -0.25) is 4.79 Å². The summed E-state index contributed by atoms with van der Waals surface area (Å²) in [4.78, 5) is 12.5. The summed E-state index contributed by atoms with van der Waals surface area (Å²) in [5.41, 5.74) is 2.23. The monoisotopic (exact) mass is 422 g/mol. The van der Waals surface area contributed by atoms with Crippen LogP contribution in [-0.2, 0) is 20.2 Å². The average Bonchev–Trinajstić information content (AvgIpc) is 2.61. The second-order valence-electron chi connectivity index (χ2n) is 7.88. The van der Waals surface area contributed by atoms with E-state index in [1.807, 2.05) is 19.1 Å². The number of hydrogen-bond acceptors (Lipinski definition) is 3. The van der Waals surface area contributed by atoms with Crippen LogP contribution < -0.4 is 5.32 Å². The lowest BCUT2D eigenvalue weighted by Crippen LogP contribution is -2.39. The quantitative estimate of drug-likeness (QED) is 0.760. The lowest BCUT2D eigenvalue weighted by atomic mass is 9.86. The van der Waals surface area contributed by atoms with E-state index in [-0.39, 0.29) is 28.8 Å². The van der Waals surface area contributed by atoms with Gasteiger partial charge in [0.1, 0.15) is 0 Å². The summed E-state index contributed by atoms with van der Waals surface area (Å²) in [6, 6.07) is 13.7. The summed E-state index contributed by atoms with van der Waals surface area (Å²) in [6.45, 7) is 8.03. The van der Waals surface area contributed by atoms with Gasteiger partial charge in [0.05, 0.1) is 17.5 Å². The zero-order valence-electron chi connectivity index (χ0n) is 16.9. The minimum Gasteiger partial charge on any atom is -0.348 e. The molecule has 1 N–H and O–H groups in total. The van der Waals surface area contributed by atoms with Crippen molar-refractivity contribution < 1.29 is 13.2 Å². The van der Waals surface area contributed by atoms with Crippen molar-refractivity contribution in [2.45, 2.75) is 44.0 Å². The van der Waals surface area contributed by atoms with Crippen molar-refractivity contribution in [3.63, 3.8) is 0 Å². The molecule has 28 heavy (non-hydrogen) atoms. The number of nitrogens with one attached hydrogen (secondary N) is 1. The first-order valence-corrected chi connectivity index (χ1v) is 10.8. The summed E-state index contributed by atoms with van der Waals surface area (Å²) in [5, 5.41) is 3.30. The van der Waals surface area contributed by atoms with Crippen molar-refractivity contribution in [2.24, 2.45) is 0 Å². The topological polar surface area (TPSA) is 66.5 Å². The number of carbonyl (C=O) groups is 1. The molecule has 5 nitrogen and oxygen atoms in total. The van der Waals surface area contributed by atoms with Crippen LogP contribution >= 0.6 is 11.6 Å². The third-order valence-electron chi connectivity index (χ3n) is 4.54. The fourth-order valence-corrected chi connectivity index (χ4v) is 3.97. The van der Waals surface area contributed by atoms with Crippen molar-refractivity contribution >= 4 is 27.5 Å². The number of rotatable bonds is 6. The van der Waals surface area contributed by atoms with Gasteiger partial charge in [0.25, 0.3) is 0 Å². The van der Waals surface area contributed by atoms with E-state index in [1.54, 1.807) is 0 Å².